The number of amides is 1. The quantitative estimate of drug-likeness (QED) is 0.926. The van der Waals surface area contributed by atoms with Crippen molar-refractivity contribution < 1.29 is 4.79 Å². The largest absolute Gasteiger partial charge is 0.326 e. The van der Waals surface area contributed by atoms with Gasteiger partial charge in [0.05, 0.1) is 0 Å². The van der Waals surface area contributed by atoms with Crippen molar-refractivity contribution in [2.45, 2.75) is 27.3 Å². The maximum Gasteiger partial charge on any atom is 0.221 e. The van der Waals surface area contributed by atoms with Crippen LogP contribution in [0, 0.1) is 6.92 Å². The van der Waals surface area contributed by atoms with Crippen molar-refractivity contribution in [3.05, 3.63) is 27.7 Å². The summed E-state index contributed by atoms with van der Waals surface area (Å²) in [4.78, 5) is 13.4. The number of halogens is 1. The summed E-state index contributed by atoms with van der Waals surface area (Å²) in [5, 5.41) is 2.91. The second-order valence-corrected chi connectivity index (χ2v) is 5.18. The van der Waals surface area contributed by atoms with Gasteiger partial charge in [0.25, 0.3) is 0 Å². The maximum atomic E-state index is 11.2. The highest BCUT2D eigenvalue weighted by molar-refractivity contribution is 9.10. The minimum absolute atomic E-state index is 0.0316. The first-order chi connectivity index (χ1) is 7.93. The zero-order valence-corrected chi connectivity index (χ0v) is 12.4. The van der Waals surface area contributed by atoms with Gasteiger partial charge in [-0.3, -0.25) is 4.79 Å². The minimum Gasteiger partial charge on any atom is -0.326 e. The lowest BCUT2D eigenvalue weighted by Gasteiger charge is -2.19. The molecule has 17 heavy (non-hydrogen) atoms. The van der Waals surface area contributed by atoms with Crippen LogP contribution < -0.4 is 5.32 Å². The number of hydrogen-bond donors (Lipinski definition) is 1. The molecule has 3 nitrogen and oxygen atoms in total. The number of nitrogens with zero attached hydrogens (tertiary/aromatic N) is 1. The summed E-state index contributed by atoms with van der Waals surface area (Å²) in [7, 11) is 2.06. The van der Waals surface area contributed by atoms with Crippen LogP contribution in [0.3, 0.4) is 0 Å². The van der Waals surface area contributed by atoms with Gasteiger partial charge in [0.15, 0.2) is 0 Å². The van der Waals surface area contributed by atoms with Crippen LogP contribution in [0.15, 0.2) is 16.6 Å². The Morgan fingerprint density at radius 2 is 2.12 bits per heavy atom. The van der Waals surface area contributed by atoms with E-state index in [-0.39, 0.29) is 5.91 Å². The lowest BCUT2D eigenvalue weighted by molar-refractivity contribution is -0.114. The molecular formula is C13H19BrN2O. The predicted molar refractivity (Wildman–Crippen MR) is 75.2 cm³/mol. The number of benzene rings is 1. The van der Waals surface area contributed by atoms with Gasteiger partial charge < -0.3 is 10.2 Å². The van der Waals surface area contributed by atoms with E-state index >= 15 is 0 Å². The molecule has 0 spiro atoms. The summed E-state index contributed by atoms with van der Waals surface area (Å²) in [6.07, 6.45) is 0. The van der Waals surface area contributed by atoms with Crippen molar-refractivity contribution in [3.8, 4) is 0 Å². The average molecular weight is 299 g/mol. The van der Waals surface area contributed by atoms with E-state index in [0.29, 0.717) is 0 Å². The van der Waals surface area contributed by atoms with Crippen LogP contribution in [-0.2, 0) is 11.3 Å². The summed E-state index contributed by atoms with van der Waals surface area (Å²) in [5.74, 6) is -0.0316. The van der Waals surface area contributed by atoms with Crippen LogP contribution in [0.4, 0.5) is 5.69 Å². The molecule has 0 bridgehead atoms. The number of aryl methyl sites for hydroxylation is 1. The molecule has 0 saturated heterocycles. The van der Waals surface area contributed by atoms with Gasteiger partial charge in [-0.1, -0.05) is 22.9 Å². The molecule has 0 aromatic heterocycles. The third-order valence-corrected chi connectivity index (χ3v) is 3.12. The van der Waals surface area contributed by atoms with Crippen molar-refractivity contribution >= 4 is 27.5 Å². The molecule has 0 aliphatic carbocycles. The summed E-state index contributed by atoms with van der Waals surface area (Å²) >= 11 is 3.49. The van der Waals surface area contributed by atoms with Gasteiger partial charge in [-0.15, -0.1) is 0 Å². The number of hydrogen-bond acceptors (Lipinski definition) is 2. The van der Waals surface area contributed by atoms with Crippen LogP contribution in [0.2, 0.25) is 0 Å². The topological polar surface area (TPSA) is 32.3 Å². The summed E-state index contributed by atoms with van der Waals surface area (Å²) in [6.45, 7) is 7.46. The highest BCUT2D eigenvalue weighted by Gasteiger charge is 2.10. The fourth-order valence-corrected chi connectivity index (χ4v) is 2.31. The molecule has 0 saturated carbocycles. The molecular weight excluding hydrogens is 280 g/mol. The molecule has 0 atom stereocenters. The van der Waals surface area contributed by atoms with E-state index in [4.69, 9.17) is 0 Å². The number of rotatable bonds is 4. The zero-order valence-electron chi connectivity index (χ0n) is 10.8. The van der Waals surface area contributed by atoms with Crippen molar-refractivity contribution in [2.24, 2.45) is 0 Å². The Labute approximate surface area is 111 Å². The second kappa shape index (κ2) is 6.17. The molecule has 1 aromatic rings. The highest BCUT2D eigenvalue weighted by atomic mass is 79.9. The Kier molecular flexibility index (Phi) is 5.15. The lowest BCUT2D eigenvalue weighted by atomic mass is 10.1. The monoisotopic (exact) mass is 298 g/mol. The van der Waals surface area contributed by atoms with Crippen molar-refractivity contribution in [1.29, 1.82) is 0 Å². The summed E-state index contributed by atoms with van der Waals surface area (Å²) < 4.78 is 1.05. The van der Waals surface area contributed by atoms with Gasteiger partial charge in [-0.2, -0.15) is 0 Å². The molecule has 0 radical (unpaired) electrons. The number of carbonyl (C=O) groups is 1. The molecule has 4 heteroatoms. The highest BCUT2D eigenvalue weighted by Crippen LogP contribution is 2.26. The van der Waals surface area contributed by atoms with E-state index in [1.165, 1.54) is 6.92 Å². The molecule has 0 heterocycles. The fourth-order valence-electron chi connectivity index (χ4n) is 1.69. The Hall–Kier alpha value is -0.870. The van der Waals surface area contributed by atoms with E-state index in [0.717, 1.165) is 34.4 Å². The summed E-state index contributed by atoms with van der Waals surface area (Å²) in [5.41, 5.74) is 3.14. The SMILES string of the molecule is CCN(C)Cc1cc(Br)cc(C)c1NC(C)=O. The van der Waals surface area contributed by atoms with E-state index in [9.17, 15) is 4.79 Å². The maximum absolute atomic E-state index is 11.2. The van der Waals surface area contributed by atoms with Gasteiger partial charge in [0.2, 0.25) is 5.91 Å². The Balaban J connectivity index is 3.10. The molecule has 0 fully saturated rings. The lowest BCUT2D eigenvalue weighted by Crippen LogP contribution is -2.19. The standard InChI is InChI=1S/C13H19BrN2O/c1-5-16(4)8-11-7-12(14)6-9(2)13(11)15-10(3)17/h6-7H,5,8H2,1-4H3,(H,15,17). The molecule has 1 aromatic carbocycles. The molecule has 1 N–H and O–H groups in total. The van der Waals surface area contributed by atoms with Gasteiger partial charge in [0, 0.05) is 23.6 Å². The Morgan fingerprint density at radius 3 is 2.65 bits per heavy atom. The number of nitrogens with one attached hydrogen (secondary N) is 1. The predicted octanol–water partition coefficient (Wildman–Crippen LogP) is 3.17. The Bertz CT molecular complexity index is 418. The molecule has 0 aliphatic rings. The molecule has 1 amide bonds. The third kappa shape index (κ3) is 4.13. The van der Waals surface area contributed by atoms with Crippen LogP contribution in [0.25, 0.3) is 0 Å². The summed E-state index contributed by atoms with van der Waals surface area (Å²) in [6, 6.07) is 4.07. The Morgan fingerprint density at radius 1 is 1.47 bits per heavy atom. The van der Waals surface area contributed by atoms with Crippen molar-refractivity contribution in [2.75, 3.05) is 18.9 Å². The third-order valence-electron chi connectivity index (χ3n) is 2.66. The first-order valence-electron chi connectivity index (χ1n) is 5.69. The molecule has 1 rings (SSSR count). The first kappa shape index (κ1) is 14.2. The van der Waals surface area contributed by atoms with E-state index in [1.54, 1.807) is 0 Å². The smallest absolute Gasteiger partial charge is 0.221 e. The molecule has 94 valence electrons. The first-order valence-corrected chi connectivity index (χ1v) is 6.48. The van der Waals surface area contributed by atoms with Gasteiger partial charge in [-0.05, 0) is 43.8 Å². The van der Waals surface area contributed by atoms with Crippen molar-refractivity contribution in [1.82, 2.24) is 4.90 Å². The normalized spacial score (nSPS) is 10.7. The minimum atomic E-state index is -0.0316. The van der Waals surface area contributed by atoms with E-state index < -0.39 is 0 Å². The van der Waals surface area contributed by atoms with Gasteiger partial charge >= 0.3 is 0 Å². The van der Waals surface area contributed by atoms with Crippen LogP contribution >= 0.6 is 15.9 Å². The van der Waals surface area contributed by atoms with Crippen LogP contribution in [-0.4, -0.2) is 24.4 Å². The fraction of sp³-hybridized carbons (Fsp3) is 0.462. The average Bonchev–Trinajstić information content (AvgIpc) is 2.22. The molecule has 0 unspecified atom stereocenters. The van der Waals surface area contributed by atoms with Crippen LogP contribution in [0.5, 0.6) is 0 Å². The van der Waals surface area contributed by atoms with Gasteiger partial charge in [0.1, 0.15) is 0 Å². The van der Waals surface area contributed by atoms with E-state index in [2.05, 4.69) is 46.2 Å². The number of anilines is 1. The zero-order chi connectivity index (χ0) is 13.0. The second-order valence-electron chi connectivity index (χ2n) is 4.27. The van der Waals surface area contributed by atoms with Crippen LogP contribution in [0.1, 0.15) is 25.0 Å². The number of carbonyl (C=O) groups excluding carboxylic acids is 1. The van der Waals surface area contributed by atoms with Crippen molar-refractivity contribution in [3.63, 3.8) is 0 Å². The van der Waals surface area contributed by atoms with E-state index in [1.807, 2.05) is 13.0 Å². The molecule has 0 aliphatic heterocycles. The van der Waals surface area contributed by atoms with Gasteiger partial charge in [-0.25, -0.2) is 0 Å².